The molecule has 1 aliphatic carbocycles. The van der Waals surface area contributed by atoms with E-state index in [1.807, 2.05) is 13.0 Å². The number of hydrogen-bond donors (Lipinski definition) is 2. The van der Waals surface area contributed by atoms with Gasteiger partial charge in [-0.25, -0.2) is 0 Å². The summed E-state index contributed by atoms with van der Waals surface area (Å²) < 4.78 is 0. The topological polar surface area (TPSA) is 41.1 Å². The molecular formula is C17H26N2O. The molecule has 1 saturated carbocycles. The molecule has 1 aromatic carbocycles. The van der Waals surface area contributed by atoms with Gasteiger partial charge < -0.3 is 10.6 Å². The van der Waals surface area contributed by atoms with E-state index in [0.717, 1.165) is 17.3 Å². The van der Waals surface area contributed by atoms with Crippen LogP contribution in [0.2, 0.25) is 0 Å². The highest BCUT2D eigenvalue weighted by molar-refractivity contribution is 5.91. The first-order valence-electron chi connectivity index (χ1n) is 7.75. The summed E-state index contributed by atoms with van der Waals surface area (Å²) >= 11 is 0. The Labute approximate surface area is 122 Å². The normalized spacial score (nSPS) is 22.4. The molecule has 0 saturated heterocycles. The Kier molecular flexibility index (Phi) is 5.05. The van der Waals surface area contributed by atoms with Crippen LogP contribution >= 0.6 is 0 Å². The molecule has 3 heteroatoms. The van der Waals surface area contributed by atoms with Crippen LogP contribution in [0.5, 0.6) is 0 Å². The third-order valence-electron chi connectivity index (χ3n) is 4.22. The van der Waals surface area contributed by atoms with Crippen LogP contribution in [0.3, 0.4) is 0 Å². The van der Waals surface area contributed by atoms with Crippen molar-refractivity contribution in [2.24, 2.45) is 5.92 Å². The highest BCUT2D eigenvalue weighted by Gasteiger charge is 2.18. The van der Waals surface area contributed by atoms with Gasteiger partial charge in [-0.05, 0) is 56.2 Å². The molecule has 0 radical (unpaired) electrons. The van der Waals surface area contributed by atoms with Crippen molar-refractivity contribution in [3.63, 3.8) is 0 Å². The summed E-state index contributed by atoms with van der Waals surface area (Å²) in [7, 11) is 0. The second-order valence-corrected chi connectivity index (χ2v) is 6.03. The van der Waals surface area contributed by atoms with Gasteiger partial charge in [-0.2, -0.15) is 0 Å². The Bertz CT molecular complexity index is 462. The minimum absolute atomic E-state index is 0.0614. The highest BCUT2D eigenvalue weighted by atomic mass is 16.1. The lowest BCUT2D eigenvalue weighted by atomic mass is 9.87. The van der Waals surface area contributed by atoms with Crippen LogP contribution in [-0.4, -0.2) is 11.9 Å². The van der Waals surface area contributed by atoms with Crippen molar-refractivity contribution in [3.8, 4) is 0 Å². The van der Waals surface area contributed by atoms with Gasteiger partial charge in [0.25, 0.3) is 0 Å². The predicted octanol–water partition coefficient (Wildman–Crippen LogP) is 4.33. The van der Waals surface area contributed by atoms with Crippen molar-refractivity contribution >= 4 is 17.3 Å². The van der Waals surface area contributed by atoms with Crippen LogP contribution in [-0.2, 0) is 4.79 Å². The lowest BCUT2D eigenvalue weighted by Gasteiger charge is -2.28. The standard InChI is InChI=1S/C17H26N2O/c1-4-17(20)19-15-10-7-13(3)16(11-15)18-14-8-5-12(2)6-9-14/h7,10-12,14,18H,4-6,8-9H2,1-3H3,(H,19,20). The van der Waals surface area contributed by atoms with Crippen LogP contribution in [0.4, 0.5) is 11.4 Å². The van der Waals surface area contributed by atoms with Crippen LogP contribution in [0.25, 0.3) is 0 Å². The minimum atomic E-state index is 0.0614. The van der Waals surface area contributed by atoms with Gasteiger partial charge in [-0.15, -0.1) is 0 Å². The zero-order valence-corrected chi connectivity index (χ0v) is 12.8. The summed E-state index contributed by atoms with van der Waals surface area (Å²) in [6.45, 7) is 6.31. The number of hydrogen-bond acceptors (Lipinski definition) is 2. The van der Waals surface area contributed by atoms with Gasteiger partial charge in [0.15, 0.2) is 0 Å². The number of anilines is 2. The summed E-state index contributed by atoms with van der Waals surface area (Å²) in [6.07, 6.45) is 5.61. The summed E-state index contributed by atoms with van der Waals surface area (Å²) in [4.78, 5) is 11.5. The average molecular weight is 274 g/mol. The van der Waals surface area contributed by atoms with Crippen molar-refractivity contribution < 1.29 is 4.79 Å². The second-order valence-electron chi connectivity index (χ2n) is 6.03. The molecule has 20 heavy (non-hydrogen) atoms. The minimum Gasteiger partial charge on any atom is -0.382 e. The van der Waals surface area contributed by atoms with Gasteiger partial charge in [0.2, 0.25) is 5.91 Å². The SMILES string of the molecule is CCC(=O)Nc1ccc(C)c(NC2CCC(C)CC2)c1. The molecule has 1 fully saturated rings. The smallest absolute Gasteiger partial charge is 0.224 e. The fourth-order valence-electron chi connectivity index (χ4n) is 2.73. The summed E-state index contributed by atoms with van der Waals surface area (Å²) in [6, 6.07) is 6.67. The first kappa shape index (κ1) is 14.9. The molecule has 0 bridgehead atoms. The fourth-order valence-corrected chi connectivity index (χ4v) is 2.73. The van der Waals surface area contributed by atoms with E-state index < -0.39 is 0 Å². The number of carbonyl (C=O) groups is 1. The average Bonchev–Trinajstić information content (AvgIpc) is 2.45. The second kappa shape index (κ2) is 6.78. The van der Waals surface area contributed by atoms with E-state index in [2.05, 4.69) is 36.6 Å². The Morgan fingerprint density at radius 2 is 1.95 bits per heavy atom. The van der Waals surface area contributed by atoms with Crippen molar-refractivity contribution in [2.45, 2.75) is 58.9 Å². The zero-order chi connectivity index (χ0) is 14.5. The van der Waals surface area contributed by atoms with Crippen LogP contribution in [0.15, 0.2) is 18.2 Å². The molecule has 3 nitrogen and oxygen atoms in total. The third-order valence-corrected chi connectivity index (χ3v) is 4.22. The Hall–Kier alpha value is -1.51. The molecule has 0 atom stereocenters. The number of nitrogens with one attached hydrogen (secondary N) is 2. The maximum absolute atomic E-state index is 11.5. The summed E-state index contributed by atoms with van der Waals surface area (Å²) in [5.74, 6) is 0.926. The van der Waals surface area contributed by atoms with Crippen LogP contribution in [0.1, 0.15) is 51.5 Å². The van der Waals surface area contributed by atoms with E-state index in [1.165, 1.54) is 31.2 Å². The van der Waals surface area contributed by atoms with Gasteiger partial charge in [-0.3, -0.25) is 4.79 Å². The van der Waals surface area contributed by atoms with Gasteiger partial charge in [0, 0.05) is 23.8 Å². The van der Waals surface area contributed by atoms with Crippen LogP contribution < -0.4 is 10.6 Å². The molecule has 2 rings (SSSR count). The predicted molar refractivity (Wildman–Crippen MR) is 85.1 cm³/mol. The lowest BCUT2D eigenvalue weighted by Crippen LogP contribution is -2.25. The van der Waals surface area contributed by atoms with E-state index in [-0.39, 0.29) is 5.91 Å². The summed E-state index contributed by atoms with van der Waals surface area (Å²) in [5.41, 5.74) is 3.27. The Morgan fingerprint density at radius 1 is 1.25 bits per heavy atom. The molecule has 1 amide bonds. The number of amides is 1. The summed E-state index contributed by atoms with van der Waals surface area (Å²) in [5, 5.41) is 6.57. The van der Waals surface area contributed by atoms with Crippen molar-refractivity contribution in [1.29, 1.82) is 0 Å². The van der Waals surface area contributed by atoms with E-state index in [1.54, 1.807) is 0 Å². The van der Waals surface area contributed by atoms with E-state index in [9.17, 15) is 4.79 Å². The quantitative estimate of drug-likeness (QED) is 0.857. The van der Waals surface area contributed by atoms with E-state index in [4.69, 9.17) is 0 Å². The van der Waals surface area contributed by atoms with E-state index in [0.29, 0.717) is 12.5 Å². The largest absolute Gasteiger partial charge is 0.382 e. The van der Waals surface area contributed by atoms with Gasteiger partial charge >= 0.3 is 0 Å². The first-order valence-corrected chi connectivity index (χ1v) is 7.75. The van der Waals surface area contributed by atoms with Crippen molar-refractivity contribution in [3.05, 3.63) is 23.8 Å². The molecule has 0 aromatic heterocycles. The molecule has 2 N–H and O–H groups in total. The molecule has 1 aromatic rings. The third kappa shape index (κ3) is 3.99. The molecule has 0 unspecified atom stereocenters. The fraction of sp³-hybridized carbons (Fsp3) is 0.588. The van der Waals surface area contributed by atoms with Gasteiger partial charge in [0.1, 0.15) is 0 Å². The van der Waals surface area contributed by atoms with Gasteiger partial charge in [0.05, 0.1) is 0 Å². The molecule has 0 heterocycles. The molecule has 110 valence electrons. The molecular weight excluding hydrogens is 248 g/mol. The highest BCUT2D eigenvalue weighted by Crippen LogP contribution is 2.28. The molecule has 1 aliphatic rings. The molecule has 0 spiro atoms. The number of rotatable bonds is 4. The number of benzene rings is 1. The van der Waals surface area contributed by atoms with E-state index >= 15 is 0 Å². The Morgan fingerprint density at radius 3 is 2.60 bits per heavy atom. The first-order chi connectivity index (χ1) is 9.58. The molecule has 0 aliphatic heterocycles. The monoisotopic (exact) mass is 274 g/mol. The number of carbonyl (C=O) groups excluding carboxylic acids is 1. The Balaban J connectivity index is 2.02. The van der Waals surface area contributed by atoms with Crippen molar-refractivity contribution in [2.75, 3.05) is 10.6 Å². The lowest BCUT2D eigenvalue weighted by molar-refractivity contribution is -0.115. The van der Waals surface area contributed by atoms with Crippen LogP contribution in [0, 0.1) is 12.8 Å². The zero-order valence-electron chi connectivity index (χ0n) is 12.8. The maximum atomic E-state index is 11.5. The number of aryl methyl sites for hydroxylation is 1. The van der Waals surface area contributed by atoms with Crippen molar-refractivity contribution in [1.82, 2.24) is 0 Å². The maximum Gasteiger partial charge on any atom is 0.224 e. The van der Waals surface area contributed by atoms with Gasteiger partial charge in [-0.1, -0.05) is 19.9 Å².